The van der Waals surface area contributed by atoms with E-state index in [1.165, 1.54) is 33.8 Å². The molecule has 0 N–H and O–H groups in total. The summed E-state index contributed by atoms with van der Waals surface area (Å²) in [5.41, 5.74) is 1.34. The SMILES string of the molecule is CC(=O)OCc1ccc(OC(C)=O)c(COC(C)=O)c1COC(C)=O. The summed E-state index contributed by atoms with van der Waals surface area (Å²) in [6.45, 7) is 4.56. The van der Waals surface area contributed by atoms with E-state index >= 15 is 0 Å². The highest BCUT2D eigenvalue weighted by atomic mass is 16.6. The zero-order valence-corrected chi connectivity index (χ0v) is 14.5. The molecule has 0 aliphatic rings. The van der Waals surface area contributed by atoms with Crippen LogP contribution in [-0.4, -0.2) is 23.9 Å². The lowest BCUT2D eigenvalue weighted by Gasteiger charge is -2.18. The van der Waals surface area contributed by atoms with E-state index in [9.17, 15) is 19.2 Å². The van der Waals surface area contributed by atoms with Crippen LogP contribution >= 0.6 is 0 Å². The van der Waals surface area contributed by atoms with Gasteiger partial charge in [0.25, 0.3) is 0 Å². The first-order valence-corrected chi connectivity index (χ1v) is 7.42. The van der Waals surface area contributed by atoms with Gasteiger partial charge in [0.2, 0.25) is 0 Å². The standard InChI is InChI=1S/C17H20O8/c1-10(18)22-7-14-5-6-17(25-13(4)21)16(9-24-12(3)20)15(14)8-23-11(2)19/h5-6H,7-9H2,1-4H3. The number of rotatable bonds is 7. The highest BCUT2D eigenvalue weighted by molar-refractivity contribution is 5.71. The smallest absolute Gasteiger partial charge is 0.308 e. The van der Waals surface area contributed by atoms with E-state index in [-0.39, 0.29) is 25.6 Å². The maximum Gasteiger partial charge on any atom is 0.308 e. The van der Waals surface area contributed by atoms with Crippen LogP contribution in [0.3, 0.4) is 0 Å². The third-order valence-corrected chi connectivity index (χ3v) is 3.01. The van der Waals surface area contributed by atoms with Crippen molar-refractivity contribution in [3.63, 3.8) is 0 Å². The van der Waals surface area contributed by atoms with Gasteiger partial charge in [-0.3, -0.25) is 19.2 Å². The normalized spacial score (nSPS) is 9.92. The van der Waals surface area contributed by atoms with Gasteiger partial charge in [-0.15, -0.1) is 0 Å². The third kappa shape index (κ3) is 7.03. The van der Waals surface area contributed by atoms with E-state index in [0.717, 1.165) is 0 Å². The molecule has 25 heavy (non-hydrogen) atoms. The molecular formula is C17H20O8. The first-order valence-electron chi connectivity index (χ1n) is 7.42. The lowest BCUT2D eigenvalue weighted by molar-refractivity contribution is -0.144. The highest BCUT2D eigenvalue weighted by Crippen LogP contribution is 2.28. The van der Waals surface area contributed by atoms with Gasteiger partial charge in [0.1, 0.15) is 25.6 Å². The van der Waals surface area contributed by atoms with Crippen molar-refractivity contribution in [2.75, 3.05) is 0 Å². The van der Waals surface area contributed by atoms with Crippen molar-refractivity contribution in [3.8, 4) is 5.75 Å². The molecule has 0 unspecified atom stereocenters. The van der Waals surface area contributed by atoms with Crippen molar-refractivity contribution in [1.29, 1.82) is 0 Å². The van der Waals surface area contributed by atoms with Crippen molar-refractivity contribution in [2.24, 2.45) is 0 Å². The molecule has 1 aromatic carbocycles. The quantitative estimate of drug-likeness (QED) is 0.415. The first kappa shape index (κ1) is 20.1. The Bertz CT molecular complexity index is 677. The Kier molecular flexibility index (Phi) is 7.58. The molecule has 0 saturated heterocycles. The zero-order chi connectivity index (χ0) is 19.0. The molecule has 1 aromatic rings. The Labute approximate surface area is 145 Å². The van der Waals surface area contributed by atoms with Crippen LogP contribution < -0.4 is 4.74 Å². The highest BCUT2D eigenvalue weighted by Gasteiger charge is 2.19. The molecule has 0 aromatic heterocycles. The van der Waals surface area contributed by atoms with Gasteiger partial charge in [0.15, 0.2) is 0 Å². The number of hydrogen-bond donors (Lipinski definition) is 0. The molecule has 0 spiro atoms. The molecule has 0 atom stereocenters. The van der Waals surface area contributed by atoms with Crippen LogP contribution in [0, 0.1) is 0 Å². The minimum Gasteiger partial charge on any atom is -0.461 e. The molecule has 136 valence electrons. The first-order chi connectivity index (χ1) is 11.7. The molecule has 8 heteroatoms. The molecule has 0 bridgehead atoms. The summed E-state index contributed by atoms with van der Waals surface area (Å²) in [5.74, 6) is -1.92. The topological polar surface area (TPSA) is 105 Å². The van der Waals surface area contributed by atoms with Crippen molar-refractivity contribution in [1.82, 2.24) is 0 Å². The van der Waals surface area contributed by atoms with Gasteiger partial charge in [0.05, 0.1) is 0 Å². The average molecular weight is 352 g/mol. The molecule has 0 heterocycles. The maximum atomic E-state index is 11.3. The largest absolute Gasteiger partial charge is 0.461 e. The molecule has 0 aliphatic carbocycles. The molecule has 8 nitrogen and oxygen atoms in total. The number of carbonyl (C=O) groups is 4. The Morgan fingerprint density at radius 2 is 1.16 bits per heavy atom. The van der Waals surface area contributed by atoms with Gasteiger partial charge in [0, 0.05) is 38.8 Å². The summed E-state index contributed by atoms with van der Waals surface area (Å²) in [4.78, 5) is 44.7. The third-order valence-electron chi connectivity index (χ3n) is 3.01. The van der Waals surface area contributed by atoms with Crippen LogP contribution in [0.1, 0.15) is 44.4 Å². The minimum absolute atomic E-state index is 0.0701. The van der Waals surface area contributed by atoms with Crippen LogP contribution in [0.15, 0.2) is 12.1 Å². The second-order valence-corrected chi connectivity index (χ2v) is 5.11. The van der Waals surface area contributed by atoms with E-state index in [0.29, 0.717) is 16.7 Å². The lowest BCUT2D eigenvalue weighted by atomic mass is 10.0. The van der Waals surface area contributed by atoms with Crippen LogP contribution in [0.5, 0.6) is 5.75 Å². The van der Waals surface area contributed by atoms with Crippen LogP contribution in [0.25, 0.3) is 0 Å². The molecule has 0 saturated carbocycles. The fourth-order valence-electron chi connectivity index (χ4n) is 1.97. The van der Waals surface area contributed by atoms with Gasteiger partial charge in [-0.25, -0.2) is 0 Å². The number of carbonyl (C=O) groups excluding carboxylic acids is 4. The second-order valence-electron chi connectivity index (χ2n) is 5.11. The van der Waals surface area contributed by atoms with E-state index in [1.807, 2.05) is 0 Å². The number of benzene rings is 1. The number of esters is 4. The monoisotopic (exact) mass is 352 g/mol. The summed E-state index contributed by atoms with van der Waals surface area (Å²) in [6.07, 6.45) is 0. The van der Waals surface area contributed by atoms with Gasteiger partial charge >= 0.3 is 23.9 Å². The van der Waals surface area contributed by atoms with Gasteiger partial charge < -0.3 is 18.9 Å². The van der Waals surface area contributed by atoms with E-state index in [1.54, 1.807) is 6.07 Å². The van der Waals surface area contributed by atoms with Crippen molar-refractivity contribution in [3.05, 3.63) is 28.8 Å². The van der Waals surface area contributed by atoms with Crippen LogP contribution in [-0.2, 0) is 53.2 Å². The predicted molar refractivity (Wildman–Crippen MR) is 84.2 cm³/mol. The Balaban J connectivity index is 3.32. The fraction of sp³-hybridized carbons (Fsp3) is 0.412. The predicted octanol–water partition coefficient (Wildman–Crippen LogP) is 1.80. The zero-order valence-electron chi connectivity index (χ0n) is 14.5. The number of hydrogen-bond acceptors (Lipinski definition) is 8. The molecule has 0 radical (unpaired) electrons. The Hall–Kier alpha value is -2.90. The van der Waals surface area contributed by atoms with Gasteiger partial charge in [-0.1, -0.05) is 6.07 Å². The van der Waals surface area contributed by atoms with Crippen LogP contribution in [0.4, 0.5) is 0 Å². The summed E-state index contributed by atoms with van der Waals surface area (Å²) in [7, 11) is 0. The van der Waals surface area contributed by atoms with Crippen LogP contribution in [0.2, 0.25) is 0 Å². The average Bonchev–Trinajstić information content (AvgIpc) is 2.49. The summed E-state index contributed by atoms with van der Waals surface area (Å²) in [5, 5.41) is 0. The van der Waals surface area contributed by atoms with Crippen molar-refractivity contribution in [2.45, 2.75) is 47.5 Å². The van der Waals surface area contributed by atoms with Crippen molar-refractivity contribution >= 4 is 23.9 Å². The lowest BCUT2D eigenvalue weighted by Crippen LogP contribution is -2.13. The summed E-state index contributed by atoms with van der Waals surface area (Å²) in [6, 6.07) is 3.08. The van der Waals surface area contributed by atoms with Gasteiger partial charge in [-0.05, 0) is 11.6 Å². The Morgan fingerprint density at radius 1 is 0.680 bits per heavy atom. The fourth-order valence-corrected chi connectivity index (χ4v) is 1.97. The molecule has 1 rings (SSSR count). The van der Waals surface area contributed by atoms with E-state index in [2.05, 4.69) is 0 Å². The molecule has 0 amide bonds. The number of ether oxygens (including phenoxy) is 4. The minimum atomic E-state index is -0.560. The molecule has 0 aliphatic heterocycles. The van der Waals surface area contributed by atoms with Gasteiger partial charge in [-0.2, -0.15) is 0 Å². The molecule has 0 fully saturated rings. The maximum absolute atomic E-state index is 11.3. The summed E-state index contributed by atoms with van der Waals surface area (Å²) >= 11 is 0. The Morgan fingerprint density at radius 3 is 1.64 bits per heavy atom. The van der Waals surface area contributed by atoms with E-state index < -0.39 is 23.9 Å². The van der Waals surface area contributed by atoms with E-state index in [4.69, 9.17) is 18.9 Å². The second kappa shape index (κ2) is 9.41. The van der Waals surface area contributed by atoms with Crippen molar-refractivity contribution < 1.29 is 38.1 Å². The summed E-state index contributed by atoms with van der Waals surface area (Å²) < 4.78 is 20.1. The molecular weight excluding hydrogens is 332 g/mol.